The summed E-state index contributed by atoms with van der Waals surface area (Å²) >= 11 is 0. The van der Waals surface area contributed by atoms with E-state index < -0.39 is 0 Å². The van der Waals surface area contributed by atoms with Gasteiger partial charge in [-0.25, -0.2) is 0 Å². The number of aliphatic hydroxyl groups is 1. The summed E-state index contributed by atoms with van der Waals surface area (Å²) in [6.07, 6.45) is 8.12. The molecule has 0 aliphatic heterocycles. The highest BCUT2D eigenvalue weighted by molar-refractivity contribution is 5.12. The fourth-order valence-corrected chi connectivity index (χ4v) is 1.66. The Balaban J connectivity index is 2.09. The predicted octanol–water partition coefficient (Wildman–Crippen LogP) is 2.28. The van der Waals surface area contributed by atoms with Gasteiger partial charge < -0.3 is 10.4 Å². The molecule has 90 valence electrons. The molecular weight excluding hydrogens is 200 g/mol. The van der Waals surface area contributed by atoms with Crippen LogP contribution < -0.4 is 5.32 Å². The molecule has 0 amide bonds. The van der Waals surface area contributed by atoms with E-state index in [4.69, 9.17) is 5.11 Å². The van der Waals surface area contributed by atoms with Gasteiger partial charge in [0.1, 0.15) is 0 Å². The van der Waals surface area contributed by atoms with E-state index in [2.05, 4.69) is 23.3 Å². The van der Waals surface area contributed by atoms with Gasteiger partial charge in [0.05, 0.1) is 0 Å². The van der Waals surface area contributed by atoms with Crippen molar-refractivity contribution in [1.29, 1.82) is 0 Å². The molecule has 1 atom stereocenters. The quantitative estimate of drug-likeness (QED) is 0.663. The third-order valence-electron chi connectivity index (χ3n) is 2.72. The van der Waals surface area contributed by atoms with Crippen LogP contribution in [0.1, 0.15) is 44.2 Å². The number of nitrogens with zero attached hydrogens (tertiary/aromatic N) is 1. The zero-order valence-corrected chi connectivity index (χ0v) is 10.0. The van der Waals surface area contributed by atoms with E-state index in [0.29, 0.717) is 12.6 Å². The number of unbranched alkanes of at least 4 members (excludes halogenated alkanes) is 3. The molecule has 0 saturated heterocycles. The molecule has 0 aliphatic carbocycles. The zero-order chi connectivity index (χ0) is 11.6. The summed E-state index contributed by atoms with van der Waals surface area (Å²) < 4.78 is 0. The minimum Gasteiger partial charge on any atom is -0.396 e. The lowest BCUT2D eigenvalue weighted by Crippen LogP contribution is -2.19. The maximum absolute atomic E-state index is 8.64. The van der Waals surface area contributed by atoms with Gasteiger partial charge in [0.25, 0.3) is 0 Å². The highest BCUT2D eigenvalue weighted by Gasteiger charge is 2.02. The van der Waals surface area contributed by atoms with Gasteiger partial charge in [0, 0.05) is 25.0 Å². The summed E-state index contributed by atoms with van der Waals surface area (Å²) in [5.41, 5.74) is 1.23. The van der Waals surface area contributed by atoms with Crippen LogP contribution in [-0.2, 0) is 0 Å². The molecule has 1 aromatic rings. The Kier molecular flexibility index (Phi) is 6.77. The van der Waals surface area contributed by atoms with Crippen LogP contribution in [0.2, 0.25) is 0 Å². The van der Waals surface area contributed by atoms with Gasteiger partial charge in [0.2, 0.25) is 0 Å². The molecule has 2 N–H and O–H groups in total. The van der Waals surface area contributed by atoms with Crippen molar-refractivity contribution in [2.75, 3.05) is 13.2 Å². The van der Waals surface area contributed by atoms with Crippen molar-refractivity contribution < 1.29 is 5.11 Å². The normalized spacial score (nSPS) is 12.6. The van der Waals surface area contributed by atoms with E-state index in [1.807, 2.05) is 12.3 Å². The smallest absolute Gasteiger partial charge is 0.0431 e. The molecule has 1 rings (SSSR count). The summed E-state index contributed by atoms with van der Waals surface area (Å²) in [5, 5.41) is 12.1. The van der Waals surface area contributed by atoms with Crippen LogP contribution in [0.5, 0.6) is 0 Å². The third-order valence-corrected chi connectivity index (χ3v) is 2.72. The molecule has 0 bridgehead atoms. The second kappa shape index (κ2) is 8.25. The molecule has 1 heterocycles. The van der Waals surface area contributed by atoms with Gasteiger partial charge in [-0.1, -0.05) is 18.9 Å². The van der Waals surface area contributed by atoms with Gasteiger partial charge in [0.15, 0.2) is 0 Å². The molecule has 0 aromatic carbocycles. The first kappa shape index (κ1) is 13.1. The van der Waals surface area contributed by atoms with Crippen molar-refractivity contribution in [1.82, 2.24) is 10.3 Å². The summed E-state index contributed by atoms with van der Waals surface area (Å²) in [5.74, 6) is 0. The van der Waals surface area contributed by atoms with Crippen molar-refractivity contribution in [3.05, 3.63) is 30.1 Å². The summed E-state index contributed by atoms with van der Waals surface area (Å²) in [6, 6.07) is 4.43. The highest BCUT2D eigenvalue weighted by atomic mass is 16.2. The van der Waals surface area contributed by atoms with E-state index in [1.54, 1.807) is 6.20 Å². The SMILES string of the molecule is C[C@@H](NCCCCCCO)c1cccnc1. The van der Waals surface area contributed by atoms with Gasteiger partial charge >= 0.3 is 0 Å². The minimum atomic E-state index is 0.319. The molecule has 0 aliphatic rings. The molecular formula is C13H22N2O. The predicted molar refractivity (Wildman–Crippen MR) is 66.2 cm³/mol. The Bertz CT molecular complexity index is 264. The van der Waals surface area contributed by atoms with Crippen LogP contribution in [0.15, 0.2) is 24.5 Å². The van der Waals surface area contributed by atoms with Gasteiger partial charge in [-0.15, -0.1) is 0 Å². The van der Waals surface area contributed by atoms with Crippen LogP contribution >= 0.6 is 0 Å². The second-order valence-electron chi connectivity index (χ2n) is 4.10. The van der Waals surface area contributed by atoms with E-state index in [-0.39, 0.29) is 0 Å². The number of hydrogen-bond donors (Lipinski definition) is 2. The Morgan fingerprint density at radius 2 is 2.12 bits per heavy atom. The van der Waals surface area contributed by atoms with Crippen LogP contribution in [0.4, 0.5) is 0 Å². The zero-order valence-electron chi connectivity index (χ0n) is 10.0. The second-order valence-corrected chi connectivity index (χ2v) is 4.10. The van der Waals surface area contributed by atoms with Crippen molar-refractivity contribution >= 4 is 0 Å². The molecule has 3 heteroatoms. The number of rotatable bonds is 8. The van der Waals surface area contributed by atoms with Gasteiger partial charge in [-0.3, -0.25) is 4.98 Å². The molecule has 0 radical (unpaired) electrons. The van der Waals surface area contributed by atoms with Crippen molar-refractivity contribution in [2.45, 2.75) is 38.6 Å². The van der Waals surface area contributed by atoms with E-state index in [9.17, 15) is 0 Å². The topological polar surface area (TPSA) is 45.1 Å². The van der Waals surface area contributed by atoms with Gasteiger partial charge in [-0.2, -0.15) is 0 Å². The third kappa shape index (κ3) is 5.24. The first-order chi connectivity index (χ1) is 7.84. The van der Waals surface area contributed by atoms with Crippen LogP contribution in [0.25, 0.3) is 0 Å². The average molecular weight is 222 g/mol. The van der Waals surface area contributed by atoms with E-state index in [0.717, 1.165) is 19.4 Å². The molecule has 1 aromatic heterocycles. The molecule has 16 heavy (non-hydrogen) atoms. The first-order valence-electron chi connectivity index (χ1n) is 6.08. The standard InChI is InChI=1S/C13H22N2O/c1-12(13-7-6-8-14-11-13)15-9-4-2-3-5-10-16/h6-8,11-12,15-16H,2-5,9-10H2,1H3/t12-/m1/s1. The number of aromatic nitrogens is 1. The number of hydrogen-bond acceptors (Lipinski definition) is 3. The maximum Gasteiger partial charge on any atom is 0.0431 e. The fraction of sp³-hybridized carbons (Fsp3) is 0.615. The van der Waals surface area contributed by atoms with Crippen molar-refractivity contribution in [3.63, 3.8) is 0 Å². The molecule has 0 spiro atoms. The lowest BCUT2D eigenvalue weighted by atomic mass is 10.1. The number of aliphatic hydroxyl groups excluding tert-OH is 1. The Morgan fingerprint density at radius 3 is 2.81 bits per heavy atom. The Morgan fingerprint density at radius 1 is 1.31 bits per heavy atom. The average Bonchev–Trinajstić information content (AvgIpc) is 2.34. The van der Waals surface area contributed by atoms with Crippen molar-refractivity contribution in [3.8, 4) is 0 Å². The summed E-state index contributed by atoms with van der Waals surface area (Å²) in [7, 11) is 0. The highest BCUT2D eigenvalue weighted by Crippen LogP contribution is 2.09. The van der Waals surface area contributed by atoms with E-state index in [1.165, 1.54) is 18.4 Å². The Labute approximate surface area is 97.9 Å². The Hall–Kier alpha value is -0.930. The minimum absolute atomic E-state index is 0.319. The molecule has 0 fully saturated rings. The van der Waals surface area contributed by atoms with Crippen LogP contribution in [0.3, 0.4) is 0 Å². The molecule has 3 nitrogen and oxygen atoms in total. The van der Waals surface area contributed by atoms with Crippen LogP contribution in [0, 0.1) is 0 Å². The first-order valence-corrected chi connectivity index (χ1v) is 6.08. The summed E-state index contributed by atoms with van der Waals surface area (Å²) in [4.78, 5) is 4.11. The van der Waals surface area contributed by atoms with Crippen LogP contribution in [-0.4, -0.2) is 23.2 Å². The lowest BCUT2D eigenvalue weighted by Gasteiger charge is -2.13. The molecule has 0 saturated carbocycles. The largest absolute Gasteiger partial charge is 0.396 e. The summed E-state index contributed by atoms with van der Waals surface area (Å²) in [6.45, 7) is 3.51. The monoisotopic (exact) mass is 222 g/mol. The fourth-order valence-electron chi connectivity index (χ4n) is 1.66. The van der Waals surface area contributed by atoms with Crippen molar-refractivity contribution in [2.24, 2.45) is 0 Å². The maximum atomic E-state index is 8.64. The molecule has 0 unspecified atom stereocenters. The lowest BCUT2D eigenvalue weighted by molar-refractivity contribution is 0.282. The number of nitrogens with one attached hydrogen (secondary N) is 1. The van der Waals surface area contributed by atoms with E-state index >= 15 is 0 Å². The number of pyridine rings is 1. The van der Waals surface area contributed by atoms with Gasteiger partial charge in [-0.05, 0) is 37.9 Å².